The van der Waals surface area contributed by atoms with Crippen LogP contribution in [0.5, 0.6) is 0 Å². The number of amides is 1. The van der Waals surface area contributed by atoms with Crippen LogP contribution in [0.4, 0.5) is 11.4 Å². The van der Waals surface area contributed by atoms with Crippen molar-refractivity contribution in [1.29, 1.82) is 0 Å². The maximum absolute atomic E-state index is 12.4. The molecule has 0 unspecified atom stereocenters. The van der Waals surface area contributed by atoms with E-state index in [1.807, 2.05) is 36.4 Å². The first kappa shape index (κ1) is 18.1. The van der Waals surface area contributed by atoms with Gasteiger partial charge in [0.15, 0.2) is 0 Å². The second-order valence-corrected chi connectivity index (χ2v) is 8.20. The van der Waals surface area contributed by atoms with Gasteiger partial charge in [0.25, 0.3) is 0 Å². The molecule has 27 heavy (non-hydrogen) atoms. The second-order valence-electron chi connectivity index (χ2n) is 7.24. The Balaban J connectivity index is 1.51. The highest BCUT2D eigenvalue weighted by Gasteiger charge is 2.35. The first-order valence-corrected chi connectivity index (χ1v) is 10.7. The van der Waals surface area contributed by atoms with Crippen LogP contribution in [0.3, 0.4) is 0 Å². The molecule has 1 spiro atoms. The second kappa shape index (κ2) is 8.17. The molecule has 4 rings (SSSR count). The number of para-hydroxylation sites is 2. The van der Waals surface area contributed by atoms with Crippen molar-refractivity contribution in [3.8, 4) is 0 Å². The molecule has 1 aliphatic carbocycles. The summed E-state index contributed by atoms with van der Waals surface area (Å²) in [5, 5.41) is 7.65. The summed E-state index contributed by atoms with van der Waals surface area (Å²) < 4.78 is 0. The third-order valence-corrected chi connectivity index (χ3v) is 6.16. The smallest absolute Gasteiger partial charge is 0.234 e. The Bertz CT molecular complexity index is 826. The highest BCUT2D eigenvalue weighted by atomic mass is 32.2. The zero-order valence-electron chi connectivity index (χ0n) is 15.4. The lowest BCUT2D eigenvalue weighted by Crippen LogP contribution is -2.40. The van der Waals surface area contributed by atoms with Crippen LogP contribution in [0, 0.1) is 0 Å². The molecule has 0 atom stereocenters. The summed E-state index contributed by atoms with van der Waals surface area (Å²) in [6, 6.07) is 17.9. The van der Waals surface area contributed by atoms with Gasteiger partial charge in [-0.2, -0.15) is 0 Å². The molecule has 2 N–H and O–H groups in total. The highest BCUT2D eigenvalue weighted by Crippen LogP contribution is 2.38. The van der Waals surface area contributed by atoms with Gasteiger partial charge in [0.1, 0.15) is 10.7 Å². The SMILES string of the molecule is O=C(CSC1=NC2(CCCCCC2)Nc2ccccc21)Nc1ccccc1. The summed E-state index contributed by atoms with van der Waals surface area (Å²) >= 11 is 1.54. The zero-order valence-corrected chi connectivity index (χ0v) is 16.2. The van der Waals surface area contributed by atoms with E-state index in [1.54, 1.807) is 0 Å². The molecule has 1 fully saturated rings. The number of anilines is 2. The summed E-state index contributed by atoms with van der Waals surface area (Å²) in [6.45, 7) is 0. The van der Waals surface area contributed by atoms with Gasteiger partial charge < -0.3 is 10.6 Å². The molecule has 1 aliphatic heterocycles. The number of nitrogens with one attached hydrogen (secondary N) is 2. The van der Waals surface area contributed by atoms with E-state index in [-0.39, 0.29) is 11.6 Å². The van der Waals surface area contributed by atoms with Crippen LogP contribution in [0.2, 0.25) is 0 Å². The quantitative estimate of drug-likeness (QED) is 0.763. The Labute approximate surface area is 164 Å². The average molecular weight is 380 g/mol. The number of benzene rings is 2. The highest BCUT2D eigenvalue weighted by molar-refractivity contribution is 8.15. The van der Waals surface area contributed by atoms with Crippen LogP contribution in [0.1, 0.15) is 44.1 Å². The molecule has 1 saturated carbocycles. The topological polar surface area (TPSA) is 53.5 Å². The predicted octanol–water partition coefficient (Wildman–Crippen LogP) is 5.28. The molecule has 0 bridgehead atoms. The van der Waals surface area contributed by atoms with Crippen molar-refractivity contribution in [3.05, 3.63) is 60.2 Å². The monoisotopic (exact) mass is 379 g/mol. The molecular formula is C22H25N3OS. The zero-order chi connectivity index (χ0) is 18.5. The van der Waals surface area contributed by atoms with Crippen molar-refractivity contribution < 1.29 is 4.79 Å². The maximum atomic E-state index is 12.4. The van der Waals surface area contributed by atoms with E-state index in [1.165, 1.54) is 37.4 Å². The lowest BCUT2D eigenvalue weighted by atomic mass is 9.97. The summed E-state index contributed by atoms with van der Waals surface area (Å²) in [7, 11) is 0. The van der Waals surface area contributed by atoms with Crippen LogP contribution < -0.4 is 10.6 Å². The molecule has 1 heterocycles. The number of rotatable bonds is 3. The van der Waals surface area contributed by atoms with Gasteiger partial charge in [0, 0.05) is 16.9 Å². The summed E-state index contributed by atoms with van der Waals surface area (Å²) in [5.74, 6) is 0.359. The molecule has 2 aromatic carbocycles. The number of hydrogen-bond acceptors (Lipinski definition) is 4. The molecule has 0 saturated heterocycles. The molecular weight excluding hydrogens is 354 g/mol. The van der Waals surface area contributed by atoms with E-state index in [2.05, 4.69) is 28.8 Å². The Morgan fingerprint density at radius 2 is 1.70 bits per heavy atom. The van der Waals surface area contributed by atoms with E-state index in [9.17, 15) is 4.79 Å². The minimum atomic E-state index is -0.205. The lowest BCUT2D eigenvalue weighted by Gasteiger charge is -2.36. The van der Waals surface area contributed by atoms with Gasteiger partial charge >= 0.3 is 0 Å². The molecule has 4 nitrogen and oxygen atoms in total. The van der Waals surface area contributed by atoms with Crippen molar-refractivity contribution in [3.63, 3.8) is 0 Å². The number of fused-ring (bicyclic) bond motifs is 1. The first-order chi connectivity index (χ1) is 13.2. The standard InChI is InChI=1S/C22H25N3OS/c26-20(23-17-10-4-3-5-11-17)16-27-21-18-12-6-7-13-19(18)24-22(25-21)14-8-1-2-9-15-22/h3-7,10-13,24H,1-2,8-9,14-16H2,(H,23,26). The van der Waals surface area contributed by atoms with Crippen LogP contribution in [0.15, 0.2) is 59.6 Å². The van der Waals surface area contributed by atoms with Crippen LogP contribution in [-0.4, -0.2) is 22.4 Å². The summed E-state index contributed by atoms with van der Waals surface area (Å²) in [6.07, 6.45) is 7.07. The van der Waals surface area contributed by atoms with Crippen molar-refractivity contribution in [2.45, 2.75) is 44.2 Å². The van der Waals surface area contributed by atoms with Gasteiger partial charge in [-0.05, 0) is 43.9 Å². The molecule has 5 heteroatoms. The third-order valence-electron chi connectivity index (χ3n) is 5.17. The van der Waals surface area contributed by atoms with Gasteiger partial charge in [0.2, 0.25) is 5.91 Å². The van der Waals surface area contributed by atoms with Crippen LogP contribution >= 0.6 is 11.8 Å². The average Bonchev–Trinajstić information content (AvgIpc) is 2.92. The third kappa shape index (κ3) is 4.35. The molecule has 1 amide bonds. The van der Waals surface area contributed by atoms with Gasteiger partial charge in [-0.15, -0.1) is 0 Å². The Kier molecular flexibility index (Phi) is 5.48. The van der Waals surface area contributed by atoms with E-state index in [4.69, 9.17) is 4.99 Å². The molecule has 2 aromatic rings. The summed E-state index contributed by atoms with van der Waals surface area (Å²) in [5.41, 5.74) is 2.87. The van der Waals surface area contributed by atoms with Gasteiger partial charge in [-0.3, -0.25) is 4.79 Å². The minimum absolute atomic E-state index is 0.000157. The van der Waals surface area contributed by atoms with E-state index in [0.717, 1.165) is 34.8 Å². The predicted molar refractivity (Wildman–Crippen MR) is 115 cm³/mol. The number of aliphatic imine (C=N–C) groups is 1. The van der Waals surface area contributed by atoms with E-state index >= 15 is 0 Å². The van der Waals surface area contributed by atoms with Gasteiger partial charge in [-0.1, -0.05) is 61.0 Å². The number of thioether (sulfide) groups is 1. The van der Waals surface area contributed by atoms with E-state index < -0.39 is 0 Å². The Morgan fingerprint density at radius 1 is 1.00 bits per heavy atom. The Hall–Kier alpha value is -2.27. The van der Waals surface area contributed by atoms with Crippen molar-refractivity contribution in [2.24, 2.45) is 4.99 Å². The van der Waals surface area contributed by atoms with Gasteiger partial charge in [0.05, 0.1) is 5.75 Å². The first-order valence-electron chi connectivity index (χ1n) is 9.69. The molecule has 2 aliphatic rings. The van der Waals surface area contributed by atoms with Crippen LogP contribution in [-0.2, 0) is 4.79 Å². The van der Waals surface area contributed by atoms with Crippen LogP contribution in [0.25, 0.3) is 0 Å². The van der Waals surface area contributed by atoms with Gasteiger partial charge in [-0.25, -0.2) is 4.99 Å². The Morgan fingerprint density at radius 3 is 2.48 bits per heavy atom. The minimum Gasteiger partial charge on any atom is -0.361 e. The van der Waals surface area contributed by atoms with Crippen molar-refractivity contribution in [2.75, 3.05) is 16.4 Å². The molecule has 0 aromatic heterocycles. The summed E-state index contributed by atoms with van der Waals surface area (Å²) in [4.78, 5) is 17.5. The number of carbonyl (C=O) groups is 1. The largest absolute Gasteiger partial charge is 0.361 e. The maximum Gasteiger partial charge on any atom is 0.234 e. The fourth-order valence-electron chi connectivity index (χ4n) is 3.82. The van der Waals surface area contributed by atoms with Crippen molar-refractivity contribution >= 4 is 34.1 Å². The fourth-order valence-corrected chi connectivity index (χ4v) is 4.74. The number of nitrogens with zero attached hydrogens (tertiary/aromatic N) is 1. The lowest BCUT2D eigenvalue weighted by molar-refractivity contribution is -0.113. The normalized spacial score (nSPS) is 18.0. The van der Waals surface area contributed by atoms with E-state index in [0.29, 0.717) is 5.75 Å². The fraction of sp³-hybridized carbons (Fsp3) is 0.364. The molecule has 0 radical (unpaired) electrons. The number of hydrogen-bond donors (Lipinski definition) is 2. The van der Waals surface area contributed by atoms with Crippen molar-refractivity contribution in [1.82, 2.24) is 0 Å². The number of carbonyl (C=O) groups excluding carboxylic acids is 1. The molecule has 140 valence electrons.